The Hall–Kier alpha value is -2.64. The van der Waals surface area contributed by atoms with Gasteiger partial charge in [-0.15, -0.1) is 35.0 Å². The number of hydrogen-bond acceptors (Lipinski definition) is 4. The van der Waals surface area contributed by atoms with Gasteiger partial charge in [0.2, 0.25) is 0 Å². The number of nitrogens with two attached hydrogens (primary N) is 1. The van der Waals surface area contributed by atoms with Crippen molar-refractivity contribution >= 4 is 42.1 Å². The molecule has 1 aliphatic heterocycles. The molecule has 0 unspecified atom stereocenters. The maximum absolute atomic E-state index is 14.6. The fraction of sp³-hybridized carbons (Fsp3) is 0.286. The normalized spacial score (nSPS) is 12.7. The van der Waals surface area contributed by atoms with E-state index >= 15 is 0 Å². The Labute approximate surface area is 186 Å². The van der Waals surface area contributed by atoms with Crippen LogP contribution in [-0.4, -0.2) is 20.7 Å². The SMILES string of the molecule is Cc1ccc(N)cc1C(=O)Nc1ccc(F)c(-c2nnc3n2CCCCC3)c1.Cl.Cl. The van der Waals surface area contributed by atoms with Gasteiger partial charge in [-0.3, -0.25) is 4.79 Å². The highest BCUT2D eigenvalue weighted by atomic mass is 35.5. The molecular formula is C21H24Cl2FN5O. The highest BCUT2D eigenvalue weighted by molar-refractivity contribution is 6.06. The molecule has 2 heterocycles. The zero-order chi connectivity index (χ0) is 19.7. The Bertz CT molecular complexity index is 1050. The molecular weight excluding hydrogens is 428 g/mol. The van der Waals surface area contributed by atoms with Gasteiger partial charge in [0.15, 0.2) is 5.82 Å². The van der Waals surface area contributed by atoms with Gasteiger partial charge in [0.1, 0.15) is 11.6 Å². The topological polar surface area (TPSA) is 85.8 Å². The standard InChI is InChI=1S/C21H22FN5O.2ClH/c1-13-6-7-14(23)11-16(13)21(28)24-15-8-9-18(22)17(12-15)20-26-25-19-5-3-2-4-10-27(19)20;;/h6-9,11-12H,2-5,10,23H2,1H3,(H,24,28);2*1H. The monoisotopic (exact) mass is 451 g/mol. The molecule has 3 aromatic rings. The average molecular weight is 452 g/mol. The number of halogens is 3. The van der Waals surface area contributed by atoms with Gasteiger partial charge in [-0.25, -0.2) is 4.39 Å². The van der Waals surface area contributed by atoms with E-state index in [1.165, 1.54) is 12.1 Å². The van der Waals surface area contributed by atoms with Gasteiger partial charge in [0, 0.05) is 29.9 Å². The smallest absolute Gasteiger partial charge is 0.256 e. The molecule has 0 radical (unpaired) electrons. The van der Waals surface area contributed by atoms with Crippen molar-refractivity contribution in [2.24, 2.45) is 0 Å². The van der Waals surface area contributed by atoms with E-state index in [4.69, 9.17) is 5.73 Å². The predicted molar refractivity (Wildman–Crippen MR) is 121 cm³/mol. The van der Waals surface area contributed by atoms with Crippen molar-refractivity contribution < 1.29 is 9.18 Å². The summed E-state index contributed by atoms with van der Waals surface area (Å²) in [7, 11) is 0. The Balaban J connectivity index is 0.00000160. The molecule has 0 bridgehead atoms. The lowest BCUT2D eigenvalue weighted by Gasteiger charge is -2.11. The summed E-state index contributed by atoms with van der Waals surface area (Å²) in [5, 5.41) is 11.3. The van der Waals surface area contributed by atoms with E-state index in [0.717, 1.165) is 43.6 Å². The van der Waals surface area contributed by atoms with E-state index in [1.54, 1.807) is 24.3 Å². The van der Waals surface area contributed by atoms with Gasteiger partial charge in [0.25, 0.3) is 5.91 Å². The number of carbonyl (C=O) groups excluding carboxylic acids is 1. The second kappa shape index (κ2) is 9.91. The van der Waals surface area contributed by atoms with E-state index in [1.807, 2.05) is 11.5 Å². The van der Waals surface area contributed by atoms with Crippen molar-refractivity contribution in [2.75, 3.05) is 11.1 Å². The van der Waals surface area contributed by atoms with Crippen LogP contribution in [-0.2, 0) is 13.0 Å². The largest absolute Gasteiger partial charge is 0.399 e. The molecule has 0 fully saturated rings. The first-order valence-corrected chi connectivity index (χ1v) is 9.42. The van der Waals surface area contributed by atoms with Crippen LogP contribution in [0.2, 0.25) is 0 Å². The molecule has 0 saturated heterocycles. The van der Waals surface area contributed by atoms with Crippen LogP contribution in [0.1, 0.15) is 41.0 Å². The molecule has 0 saturated carbocycles. The van der Waals surface area contributed by atoms with Crippen molar-refractivity contribution in [2.45, 2.75) is 39.2 Å². The van der Waals surface area contributed by atoms with Crippen LogP contribution in [0.25, 0.3) is 11.4 Å². The van der Waals surface area contributed by atoms with E-state index in [2.05, 4.69) is 15.5 Å². The van der Waals surface area contributed by atoms with Crippen molar-refractivity contribution in [3.8, 4) is 11.4 Å². The van der Waals surface area contributed by atoms with Crippen LogP contribution in [0, 0.1) is 12.7 Å². The van der Waals surface area contributed by atoms with Crippen LogP contribution < -0.4 is 11.1 Å². The first kappa shape index (κ1) is 23.6. The van der Waals surface area contributed by atoms with Crippen LogP contribution in [0.5, 0.6) is 0 Å². The Kier molecular flexibility index (Phi) is 7.81. The molecule has 30 heavy (non-hydrogen) atoms. The number of nitrogen functional groups attached to an aromatic ring is 1. The summed E-state index contributed by atoms with van der Waals surface area (Å²) in [5.41, 5.74) is 8.45. The van der Waals surface area contributed by atoms with Gasteiger partial charge in [0.05, 0.1) is 5.56 Å². The fourth-order valence-electron chi connectivity index (χ4n) is 3.54. The molecule has 0 spiro atoms. The number of aromatic nitrogens is 3. The number of fused-ring (bicyclic) bond motifs is 1. The number of amides is 1. The van der Waals surface area contributed by atoms with Crippen molar-refractivity contribution in [3.63, 3.8) is 0 Å². The summed E-state index contributed by atoms with van der Waals surface area (Å²) in [5.74, 6) is 0.711. The summed E-state index contributed by atoms with van der Waals surface area (Å²) in [6.45, 7) is 2.62. The number of benzene rings is 2. The van der Waals surface area contributed by atoms with Crippen LogP contribution in [0.4, 0.5) is 15.8 Å². The van der Waals surface area contributed by atoms with Crippen molar-refractivity contribution in [1.29, 1.82) is 0 Å². The number of carbonyl (C=O) groups is 1. The van der Waals surface area contributed by atoms with E-state index in [0.29, 0.717) is 28.3 Å². The highest BCUT2D eigenvalue weighted by Gasteiger charge is 2.19. The summed E-state index contributed by atoms with van der Waals surface area (Å²) in [6, 6.07) is 9.67. The highest BCUT2D eigenvalue weighted by Crippen LogP contribution is 2.28. The maximum Gasteiger partial charge on any atom is 0.256 e. The third-order valence-electron chi connectivity index (χ3n) is 5.08. The Morgan fingerprint density at radius 2 is 1.90 bits per heavy atom. The molecule has 9 heteroatoms. The minimum absolute atomic E-state index is 0. The van der Waals surface area contributed by atoms with Crippen molar-refractivity contribution in [3.05, 3.63) is 59.2 Å². The summed E-state index contributed by atoms with van der Waals surface area (Å²) < 4.78 is 16.6. The third kappa shape index (κ3) is 4.74. The zero-order valence-corrected chi connectivity index (χ0v) is 18.2. The van der Waals surface area contributed by atoms with Gasteiger partial charge in [-0.05, 0) is 55.7 Å². The van der Waals surface area contributed by atoms with Gasteiger partial charge in [-0.1, -0.05) is 12.5 Å². The van der Waals surface area contributed by atoms with E-state index in [9.17, 15) is 9.18 Å². The third-order valence-corrected chi connectivity index (χ3v) is 5.08. The lowest BCUT2D eigenvalue weighted by Crippen LogP contribution is -2.14. The lowest BCUT2D eigenvalue weighted by atomic mass is 10.1. The second-order valence-corrected chi connectivity index (χ2v) is 7.13. The molecule has 3 N–H and O–H groups in total. The molecule has 2 aromatic carbocycles. The van der Waals surface area contributed by atoms with E-state index < -0.39 is 5.82 Å². The quantitative estimate of drug-likeness (QED) is 0.560. The average Bonchev–Trinajstić information content (AvgIpc) is 2.93. The number of rotatable bonds is 3. The van der Waals surface area contributed by atoms with Crippen LogP contribution in [0.3, 0.4) is 0 Å². The first-order chi connectivity index (χ1) is 13.5. The summed E-state index contributed by atoms with van der Waals surface area (Å²) in [4.78, 5) is 12.7. The summed E-state index contributed by atoms with van der Waals surface area (Å²) >= 11 is 0. The molecule has 0 atom stereocenters. The maximum atomic E-state index is 14.6. The number of hydrogen-bond donors (Lipinski definition) is 2. The molecule has 1 aromatic heterocycles. The molecule has 1 aliphatic rings. The molecule has 160 valence electrons. The molecule has 6 nitrogen and oxygen atoms in total. The molecule has 1 amide bonds. The van der Waals surface area contributed by atoms with Gasteiger partial charge >= 0.3 is 0 Å². The first-order valence-electron chi connectivity index (χ1n) is 9.42. The minimum Gasteiger partial charge on any atom is -0.399 e. The number of nitrogens with zero attached hydrogens (tertiary/aromatic N) is 3. The Morgan fingerprint density at radius 1 is 1.10 bits per heavy atom. The van der Waals surface area contributed by atoms with Gasteiger partial charge in [-0.2, -0.15) is 0 Å². The van der Waals surface area contributed by atoms with Crippen LogP contribution in [0.15, 0.2) is 36.4 Å². The molecule has 0 aliphatic carbocycles. The Morgan fingerprint density at radius 3 is 2.70 bits per heavy atom. The number of aryl methyl sites for hydroxylation is 2. The van der Waals surface area contributed by atoms with Crippen molar-refractivity contribution in [1.82, 2.24) is 14.8 Å². The lowest BCUT2D eigenvalue weighted by molar-refractivity contribution is 0.102. The number of nitrogens with one attached hydrogen (secondary N) is 1. The summed E-state index contributed by atoms with van der Waals surface area (Å²) in [6.07, 6.45) is 4.06. The minimum atomic E-state index is -0.391. The zero-order valence-electron chi connectivity index (χ0n) is 16.5. The fourth-order valence-corrected chi connectivity index (χ4v) is 3.54. The molecule has 4 rings (SSSR count). The van der Waals surface area contributed by atoms with E-state index in [-0.39, 0.29) is 30.7 Å². The predicted octanol–water partition coefficient (Wildman–Crippen LogP) is 4.80. The second-order valence-electron chi connectivity index (χ2n) is 7.13. The van der Waals surface area contributed by atoms with Crippen LogP contribution >= 0.6 is 24.8 Å². The van der Waals surface area contributed by atoms with Gasteiger partial charge < -0.3 is 15.6 Å². The number of anilines is 2.